The normalized spacial score (nSPS) is 15.3. The van der Waals surface area contributed by atoms with Gasteiger partial charge in [-0.15, -0.1) is 0 Å². The molecule has 0 spiro atoms. The number of hydrogen-bond acceptors (Lipinski definition) is 6. The van der Waals surface area contributed by atoms with Crippen LogP contribution in [0.15, 0.2) is 90.3 Å². The molecule has 0 aliphatic carbocycles. The molecule has 0 bridgehead atoms. The highest BCUT2D eigenvalue weighted by Crippen LogP contribution is 2.18. The largest absolute Gasteiger partial charge is 0.855 e. The van der Waals surface area contributed by atoms with Crippen LogP contribution in [-0.2, 0) is 17.7 Å². The zero-order valence-electron chi connectivity index (χ0n) is 21.9. The van der Waals surface area contributed by atoms with Crippen LogP contribution in [0.2, 0.25) is 0 Å². The third kappa shape index (κ3) is 9.33. The first-order valence-corrected chi connectivity index (χ1v) is 12.3. The summed E-state index contributed by atoms with van der Waals surface area (Å²) in [6.07, 6.45) is 1.81. The van der Waals surface area contributed by atoms with Gasteiger partial charge in [0.1, 0.15) is 24.8 Å². The first-order valence-electron chi connectivity index (χ1n) is 12.3. The molecule has 196 valence electrons. The van der Waals surface area contributed by atoms with Crippen molar-refractivity contribution in [3.05, 3.63) is 102 Å². The van der Waals surface area contributed by atoms with E-state index in [1.165, 1.54) is 0 Å². The van der Waals surface area contributed by atoms with Gasteiger partial charge in [-0.2, -0.15) is 4.59 Å². The van der Waals surface area contributed by atoms with E-state index < -0.39 is 29.7 Å². The number of carbonyl (C=O) groups excluding carboxylic acids is 1. The fourth-order valence-electron chi connectivity index (χ4n) is 4.03. The Hall–Kier alpha value is -3.75. The van der Waals surface area contributed by atoms with Crippen molar-refractivity contribution >= 4 is 12.0 Å². The minimum absolute atomic E-state index is 0.0824. The molecule has 1 unspecified atom stereocenters. The topological polar surface area (TPSA) is 107 Å². The number of aliphatic hydroxyl groups is 1. The van der Waals surface area contributed by atoms with E-state index in [0.717, 1.165) is 11.1 Å². The maximum Gasteiger partial charge on any atom is 0.407 e. The van der Waals surface area contributed by atoms with Gasteiger partial charge in [0.25, 0.3) is 0 Å². The van der Waals surface area contributed by atoms with Gasteiger partial charge in [0.2, 0.25) is 0 Å². The molecule has 0 aliphatic rings. The van der Waals surface area contributed by atoms with Crippen LogP contribution in [0.4, 0.5) is 4.79 Å². The van der Waals surface area contributed by atoms with Gasteiger partial charge in [-0.1, -0.05) is 65.8 Å². The van der Waals surface area contributed by atoms with Crippen molar-refractivity contribution in [2.24, 2.45) is 5.10 Å². The number of quaternary nitrogens is 1. The molecule has 2 N–H and O–H groups in total. The summed E-state index contributed by atoms with van der Waals surface area (Å²) in [7, 11) is 1.79. The highest BCUT2D eigenvalue weighted by atomic mass is 16.6. The van der Waals surface area contributed by atoms with Crippen LogP contribution >= 0.6 is 0 Å². The lowest BCUT2D eigenvalue weighted by molar-refractivity contribution is -0.933. The molecule has 3 aromatic rings. The maximum absolute atomic E-state index is 13.0. The second-order valence-corrected chi connectivity index (χ2v) is 10.3. The summed E-state index contributed by atoms with van der Waals surface area (Å²) in [4.78, 5) is 16.6. The van der Waals surface area contributed by atoms with E-state index in [2.05, 4.69) is 15.4 Å². The van der Waals surface area contributed by atoms with Gasteiger partial charge >= 0.3 is 6.09 Å². The fourth-order valence-corrected chi connectivity index (χ4v) is 4.03. The Morgan fingerprint density at radius 3 is 2.16 bits per heavy atom. The molecule has 0 saturated heterocycles. The summed E-state index contributed by atoms with van der Waals surface area (Å²) in [6, 6.07) is 21.8. The number of ether oxygens (including phenoxy) is 1. The lowest BCUT2D eigenvalue weighted by atomic mass is 10.0. The smallest absolute Gasteiger partial charge is 0.407 e. The highest BCUT2D eigenvalue weighted by molar-refractivity contribution is 5.89. The van der Waals surface area contributed by atoms with E-state index in [1.54, 1.807) is 52.3 Å². The molecule has 2 aromatic carbocycles. The van der Waals surface area contributed by atoms with E-state index >= 15 is 0 Å². The Kier molecular flexibility index (Phi) is 9.38. The van der Waals surface area contributed by atoms with Crippen LogP contribution in [0.25, 0.3) is 0 Å². The molecular formula is C29H36N4O4. The summed E-state index contributed by atoms with van der Waals surface area (Å²) in [5.41, 5.74) is 1.64. The lowest BCUT2D eigenvalue weighted by Gasteiger charge is -2.34. The van der Waals surface area contributed by atoms with Crippen LogP contribution in [0.5, 0.6) is 0 Å². The Morgan fingerprint density at radius 1 is 1.03 bits per heavy atom. The van der Waals surface area contributed by atoms with E-state index in [1.807, 2.05) is 60.7 Å². The number of rotatable bonds is 10. The Morgan fingerprint density at radius 2 is 1.59 bits per heavy atom. The van der Waals surface area contributed by atoms with Crippen molar-refractivity contribution in [1.29, 1.82) is 0 Å². The lowest BCUT2D eigenvalue weighted by Crippen LogP contribution is -2.54. The molecule has 0 radical (unpaired) electrons. The predicted molar refractivity (Wildman–Crippen MR) is 141 cm³/mol. The molecule has 0 saturated carbocycles. The van der Waals surface area contributed by atoms with E-state index in [0.29, 0.717) is 18.5 Å². The second-order valence-electron chi connectivity index (χ2n) is 10.3. The number of nitrogens with zero attached hydrogens (tertiary/aromatic N) is 3. The van der Waals surface area contributed by atoms with Gasteiger partial charge in [-0.05, 0) is 50.5 Å². The standard InChI is InChI=1S/C29H36N4O4/c1-29(2,3)37-28(36)31-25(19-22-11-7-5-8-12-22)26(34)21-33(4,20-23-13-9-6-10-14-23)32-27(35)24-15-17-30-18-16-24/h5-18,25-26,34H,19-21H2,1-4H3,(H-,31,32,35,36)/t25-,26-,33?/m0/s1. The van der Waals surface area contributed by atoms with Crippen LogP contribution in [0, 0.1) is 0 Å². The Balaban J connectivity index is 1.90. The monoisotopic (exact) mass is 504 g/mol. The number of alkyl carbamates (subject to hydrolysis) is 1. The minimum Gasteiger partial charge on any atom is -0.855 e. The van der Waals surface area contributed by atoms with E-state index in [9.17, 15) is 15.0 Å². The molecule has 3 rings (SSSR count). The first kappa shape index (κ1) is 27.8. The number of aliphatic hydroxyl groups excluding tert-OH is 1. The number of pyridine rings is 1. The molecule has 8 heteroatoms. The van der Waals surface area contributed by atoms with Crippen molar-refractivity contribution < 1.29 is 24.3 Å². The molecule has 0 aliphatic heterocycles. The zero-order valence-corrected chi connectivity index (χ0v) is 21.9. The van der Waals surface area contributed by atoms with Crippen LogP contribution in [0.1, 0.15) is 37.5 Å². The Labute approximate surface area is 218 Å². The van der Waals surface area contributed by atoms with E-state index in [4.69, 9.17) is 4.74 Å². The average Bonchev–Trinajstić information content (AvgIpc) is 2.84. The summed E-state index contributed by atoms with van der Waals surface area (Å²) < 4.78 is 5.34. The molecule has 8 nitrogen and oxygen atoms in total. The van der Waals surface area contributed by atoms with Crippen LogP contribution in [-0.4, -0.2) is 58.0 Å². The van der Waals surface area contributed by atoms with Crippen molar-refractivity contribution in [2.75, 3.05) is 13.6 Å². The van der Waals surface area contributed by atoms with Gasteiger partial charge in [0, 0.05) is 18.0 Å². The van der Waals surface area contributed by atoms with Gasteiger partial charge in [0.15, 0.2) is 0 Å². The molecule has 37 heavy (non-hydrogen) atoms. The number of hydrogen-bond donors (Lipinski definition) is 2. The Bertz CT molecular complexity index is 1150. The molecule has 1 heterocycles. The zero-order chi connectivity index (χ0) is 26.9. The van der Waals surface area contributed by atoms with Gasteiger partial charge in [-0.25, -0.2) is 4.79 Å². The van der Waals surface area contributed by atoms with Crippen molar-refractivity contribution in [3.8, 4) is 0 Å². The average molecular weight is 505 g/mol. The molecule has 0 fully saturated rings. The molecular weight excluding hydrogens is 468 g/mol. The number of nitrogens with one attached hydrogen (secondary N) is 1. The van der Waals surface area contributed by atoms with Crippen LogP contribution < -0.4 is 10.4 Å². The summed E-state index contributed by atoms with van der Waals surface area (Å²) in [5.74, 6) is -0.409. The quantitative estimate of drug-likeness (QED) is 0.191. The van der Waals surface area contributed by atoms with Crippen LogP contribution in [0.3, 0.4) is 0 Å². The predicted octanol–water partition coefficient (Wildman–Crippen LogP) is 3.25. The molecule has 3 atom stereocenters. The summed E-state index contributed by atoms with van der Waals surface area (Å²) >= 11 is 0. The van der Waals surface area contributed by atoms with Crippen molar-refractivity contribution in [2.45, 2.75) is 51.5 Å². The second kappa shape index (κ2) is 12.5. The van der Waals surface area contributed by atoms with Gasteiger partial charge < -0.3 is 20.3 Å². The first-order chi connectivity index (χ1) is 17.5. The van der Waals surface area contributed by atoms with Crippen molar-refractivity contribution in [3.63, 3.8) is 0 Å². The van der Waals surface area contributed by atoms with E-state index in [-0.39, 0.29) is 11.1 Å². The van der Waals surface area contributed by atoms with Gasteiger partial charge in [-0.3, -0.25) is 4.98 Å². The maximum atomic E-state index is 13.0. The molecule has 1 amide bonds. The summed E-state index contributed by atoms with van der Waals surface area (Å²) in [6.45, 7) is 5.81. The fraction of sp³-hybridized carbons (Fsp3) is 0.345. The summed E-state index contributed by atoms with van der Waals surface area (Å²) in [5, 5.41) is 31.8. The third-order valence-corrected chi connectivity index (χ3v) is 5.67. The minimum atomic E-state index is -1.03. The number of benzene rings is 2. The number of carbonyl (C=O) groups is 1. The third-order valence-electron chi connectivity index (χ3n) is 5.67. The number of likely N-dealkylation sites (N-methyl/N-ethyl adjacent to an activating group) is 1. The highest BCUT2D eigenvalue weighted by Gasteiger charge is 2.33. The van der Waals surface area contributed by atoms with Crippen molar-refractivity contribution in [1.82, 2.24) is 10.3 Å². The SMILES string of the molecule is CC(C)(C)OC(=O)N[C@@H](Cc1ccccc1)[C@@H](O)C[N+](C)(Cc1ccccc1)/N=C(\[O-])c1ccncc1. The van der Waals surface area contributed by atoms with Gasteiger partial charge in [0.05, 0.1) is 19.0 Å². The number of aromatic nitrogens is 1. The molecule has 1 aromatic heterocycles. The number of amides is 1.